The summed E-state index contributed by atoms with van der Waals surface area (Å²) < 4.78 is 10.9. The first-order valence-corrected chi connectivity index (χ1v) is 7.78. The largest absolute Gasteiger partial charge is 0.491 e. The van der Waals surface area contributed by atoms with Crippen molar-refractivity contribution in [2.45, 2.75) is 32.1 Å². The number of rotatable bonds is 9. The number of hydrogen-bond donors (Lipinski definition) is 1. The molecule has 0 bridgehead atoms. The Kier molecular flexibility index (Phi) is 6.34. The van der Waals surface area contributed by atoms with Crippen LogP contribution in [0.25, 0.3) is 0 Å². The Hall–Kier alpha value is -1.06. The number of hydrogen-bond acceptors (Lipinski definition) is 3. The van der Waals surface area contributed by atoms with E-state index in [1.165, 1.54) is 24.8 Å². The third-order valence-corrected chi connectivity index (χ3v) is 4.11. The van der Waals surface area contributed by atoms with Gasteiger partial charge in [0, 0.05) is 7.11 Å². The second-order valence-corrected chi connectivity index (χ2v) is 5.53. The third kappa shape index (κ3) is 3.97. The van der Waals surface area contributed by atoms with E-state index < -0.39 is 0 Å². The standard InChI is InChI=1S/C17H27NO2/c1-3-10-18-13-14-8-9-15(14)16-6-4-5-7-17(16)20-12-11-19-2/h4-7,14-15,18H,3,8-13H2,1-2H3. The monoisotopic (exact) mass is 277 g/mol. The Morgan fingerprint density at radius 1 is 1.20 bits per heavy atom. The van der Waals surface area contributed by atoms with Gasteiger partial charge < -0.3 is 14.8 Å². The Labute approximate surface area is 122 Å². The van der Waals surface area contributed by atoms with Crippen LogP contribution < -0.4 is 10.1 Å². The van der Waals surface area contributed by atoms with Crippen molar-refractivity contribution in [3.05, 3.63) is 29.8 Å². The molecule has 20 heavy (non-hydrogen) atoms. The minimum atomic E-state index is 0.624. The maximum atomic E-state index is 5.86. The fourth-order valence-electron chi connectivity index (χ4n) is 2.84. The van der Waals surface area contributed by atoms with E-state index in [4.69, 9.17) is 9.47 Å². The minimum absolute atomic E-state index is 0.624. The molecule has 1 aliphatic rings. The summed E-state index contributed by atoms with van der Waals surface area (Å²) in [6.45, 7) is 5.73. The predicted molar refractivity (Wildman–Crippen MR) is 82.4 cm³/mol. The van der Waals surface area contributed by atoms with Crippen molar-refractivity contribution in [3.8, 4) is 5.75 Å². The molecule has 0 spiro atoms. The van der Waals surface area contributed by atoms with Crippen LogP contribution in [0.1, 0.15) is 37.7 Å². The van der Waals surface area contributed by atoms with Crippen molar-refractivity contribution in [2.24, 2.45) is 5.92 Å². The third-order valence-electron chi connectivity index (χ3n) is 4.11. The summed E-state index contributed by atoms with van der Waals surface area (Å²) in [6.07, 6.45) is 3.81. The van der Waals surface area contributed by atoms with Gasteiger partial charge in [-0.2, -0.15) is 0 Å². The summed E-state index contributed by atoms with van der Waals surface area (Å²) in [5, 5.41) is 3.55. The molecule has 0 radical (unpaired) electrons. The van der Waals surface area contributed by atoms with Crippen molar-refractivity contribution in [1.82, 2.24) is 5.32 Å². The van der Waals surface area contributed by atoms with E-state index in [9.17, 15) is 0 Å². The van der Waals surface area contributed by atoms with E-state index in [1.807, 2.05) is 0 Å². The van der Waals surface area contributed by atoms with Crippen molar-refractivity contribution in [1.29, 1.82) is 0 Å². The lowest BCUT2D eigenvalue weighted by molar-refractivity contribution is 0.143. The molecule has 1 N–H and O–H groups in total. The van der Waals surface area contributed by atoms with Crippen LogP contribution in [0, 0.1) is 5.92 Å². The highest BCUT2D eigenvalue weighted by Gasteiger charge is 2.33. The highest BCUT2D eigenvalue weighted by molar-refractivity contribution is 5.38. The smallest absolute Gasteiger partial charge is 0.122 e. The van der Waals surface area contributed by atoms with Gasteiger partial charge in [0.05, 0.1) is 6.61 Å². The van der Waals surface area contributed by atoms with Crippen LogP contribution in [0.2, 0.25) is 0 Å². The Morgan fingerprint density at radius 3 is 2.75 bits per heavy atom. The zero-order valence-electron chi connectivity index (χ0n) is 12.7. The molecule has 1 aliphatic carbocycles. The van der Waals surface area contributed by atoms with Gasteiger partial charge in [-0.25, -0.2) is 0 Å². The quantitative estimate of drug-likeness (QED) is 0.703. The van der Waals surface area contributed by atoms with E-state index >= 15 is 0 Å². The number of benzene rings is 1. The second-order valence-electron chi connectivity index (χ2n) is 5.53. The Bertz CT molecular complexity index is 394. The number of para-hydroxylation sites is 1. The van der Waals surface area contributed by atoms with E-state index in [1.54, 1.807) is 7.11 Å². The average molecular weight is 277 g/mol. The lowest BCUT2D eigenvalue weighted by Gasteiger charge is -2.38. The molecule has 1 fully saturated rings. The van der Waals surface area contributed by atoms with Crippen LogP contribution in [0.15, 0.2) is 24.3 Å². The van der Waals surface area contributed by atoms with Crippen LogP contribution in [-0.2, 0) is 4.74 Å². The number of nitrogens with one attached hydrogen (secondary N) is 1. The van der Waals surface area contributed by atoms with E-state index in [-0.39, 0.29) is 0 Å². The molecule has 0 amide bonds. The van der Waals surface area contributed by atoms with Crippen molar-refractivity contribution in [3.63, 3.8) is 0 Å². The molecular formula is C17H27NO2. The van der Waals surface area contributed by atoms with E-state index in [2.05, 4.69) is 36.5 Å². The van der Waals surface area contributed by atoms with Gasteiger partial charge in [-0.15, -0.1) is 0 Å². The van der Waals surface area contributed by atoms with Crippen LogP contribution in [0.3, 0.4) is 0 Å². The lowest BCUT2D eigenvalue weighted by Crippen LogP contribution is -2.34. The zero-order valence-corrected chi connectivity index (χ0v) is 12.7. The fourth-order valence-corrected chi connectivity index (χ4v) is 2.84. The van der Waals surface area contributed by atoms with Crippen LogP contribution >= 0.6 is 0 Å². The summed E-state index contributed by atoms with van der Waals surface area (Å²) in [7, 11) is 1.70. The summed E-state index contributed by atoms with van der Waals surface area (Å²) in [4.78, 5) is 0. The molecule has 0 saturated heterocycles. The highest BCUT2D eigenvalue weighted by Crippen LogP contribution is 2.45. The molecule has 2 rings (SSSR count). The molecule has 1 aromatic carbocycles. The first kappa shape index (κ1) is 15.3. The average Bonchev–Trinajstić information content (AvgIpc) is 2.44. The normalized spacial score (nSPS) is 21.5. The molecule has 112 valence electrons. The molecule has 3 nitrogen and oxygen atoms in total. The van der Waals surface area contributed by atoms with Crippen LogP contribution in [0.5, 0.6) is 5.75 Å². The van der Waals surface area contributed by atoms with Gasteiger partial charge >= 0.3 is 0 Å². The maximum absolute atomic E-state index is 5.86. The molecule has 2 atom stereocenters. The predicted octanol–water partition coefficient (Wildman–Crippen LogP) is 3.21. The van der Waals surface area contributed by atoms with Crippen LogP contribution in [-0.4, -0.2) is 33.4 Å². The fraction of sp³-hybridized carbons (Fsp3) is 0.647. The minimum Gasteiger partial charge on any atom is -0.491 e. The molecule has 1 aromatic rings. The Balaban J connectivity index is 1.93. The first-order chi connectivity index (χ1) is 9.86. The number of ether oxygens (including phenoxy) is 2. The maximum Gasteiger partial charge on any atom is 0.122 e. The summed E-state index contributed by atoms with van der Waals surface area (Å²) in [6, 6.07) is 8.47. The van der Waals surface area contributed by atoms with Gasteiger partial charge in [0.2, 0.25) is 0 Å². The van der Waals surface area contributed by atoms with E-state index in [0.717, 1.165) is 24.8 Å². The van der Waals surface area contributed by atoms with Gasteiger partial charge in [0.1, 0.15) is 12.4 Å². The zero-order chi connectivity index (χ0) is 14.2. The van der Waals surface area contributed by atoms with Crippen LogP contribution in [0.4, 0.5) is 0 Å². The van der Waals surface area contributed by atoms with Crippen molar-refractivity contribution in [2.75, 3.05) is 33.4 Å². The summed E-state index contributed by atoms with van der Waals surface area (Å²) >= 11 is 0. The van der Waals surface area contributed by atoms with E-state index in [0.29, 0.717) is 19.1 Å². The molecular weight excluding hydrogens is 250 g/mol. The van der Waals surface area contributed by atoms with Gasteiger partial charge in [-0.1, -0.05) is 25.1 Å². The number of methoxy groups -OCH3 is 1. The highest BCUT2D eigenvalue weighted by atomic mass is 16.5. The molecule has 0 aliphatic heterocycles. The lowest BCUT2D eigenvalue weighted by atomic mass is 9.69. The SMILES string of the molecule is CCCNCC1CCC1c1ccccc1OCCOC. The molecule has 0 aromatic heterocycles. The van der Waals surface area contributed by atoms with Crippen molar-refractivity contribution >= 4 is 0 Å². The summed E-state index contributed by atoms with van der Waals surface area (Å²) in [5.41, 5.74) is 1.37. The molecule has 2 unspecified atom stereocenters. The van der Waals surface area contributed by atoms with Crippen molar-refractivity contribution < 1.29 is 9.47 Å². The second kappa shape index (κ2) is 8.28. The van der Waals surface area contributed by atoms with Gasteiger partial charge in [-0.05, 0) is 55.8 Å². The molecule has 3 heteroatoms. The van der Waals surface area contributed by atoms with Gasteiger partial charge in [0.15, 0.2) is 0 Å². The molecule has 1 saturated carbocycles. The Morgan fingerprint density at radius 2 is 2.05 bits per heavy atom. The van der Waals surface area contributed by atoms with Gasteiger partial charge in [0.25, 0.3) is 0 Å². The first-order valence-electron chi connectivity index (χ1n) is 7.78. The molecule has 0 heterocycles. The topological polar surface area (TPSA) is 30.5 Å². The summed E-state index contributed by atoms with van der Waals surface area (Å²) in [5.74, 6) is 2.45. The van der Waals surface area contributed by atoms with Gasteiger partial charge in [-0.3, -0.25) is 0 Å².